The van der Waals surface area contributed by atoms with Crippen molar-refractivity contribution in [3.8, 4) is 0 Å². The third-order valence-corrected chi connectivity index (χ3v) is 2.96. The van der Waals surface area contributed by atoms with Gasteiger partial charge in [0.05, 0.1) is 6.20 Å². The lowest BCUT2D eigenvalue weighted by atomic mass is 10.1. The summed E-state index contributed by atoms with van der Waals surface area (Å²) in [5.74, 6) is -1.17. The monoisotopic (exact) mass is 273 g/mol. The van der Waals surface area contributed by atoms with Crippen LogP contribution in [0, 0.1) is 11.7 Å². The molecule has 0 radical (unpaired) electrons. The van der Waals surface area contributed by atoms with Crippen LogP contribution < -0.4 is 5.32 Å². The molecule has 1 rings (SSSR count). The van der Waals surface area contributed by atoms with Crippen LogP contribution in [0.15, 0.2) is 11.4 Å². The maximum absolute atomic E-state index is 13.5. The zero-order chi connectivity index (χ0) is 13.7. The van der Waals surface area contributed by atoms with Gasteiger partial charge in [-0.2, -0.15) is 0 Å². The van der Waals surface area contributed by atoms with E-state index < -0.39 is 17.8 Å². The number of carboxylic acids is 1. The molecule has 0 aliphatic heterocycles. The summed E-state index contributed by atoms with van der Waals surface area (Å²) in [6.45, 7) is 5.41. The maximum Gasteiger partial charge on any atom is 0.326 e. The van der Waals surface area contributed by atoms with Crippen molar-refractivity contribution < 1.29 is 14.3 Å². The summed E-state index contributed by atoms with van der Waals surface area (Å²) in [5, 5.41) is 12.1. The third-order valence-electron chi connectivity index (χ3n) is 2.22. The second kappa shape index (κ2) is 6.53. The number of aliphatic carboxylic acids is 1. The van der Waals surface area contributed by atoms with Gasteiger partial charge < -0.3 is 10.4 Å². The fourth-order valence-electron chi connectivity index (χ4n) is 1.31. The Balaban J connectivity index is 2.94. The highest BCUT2D eigenvalue weighted by Crippen LogP contribution is 2.19. The molecule has 100 valence electrons. The molecule has 0 aliphatic carbocycles. The summed E-state index contributed by atoms with van der Waals surface area (Å²) in [5.41, 5.74) is 0. The zero-order valence-corrected chi connectivity index (χ0v) is 11.3. The Morgan fingerprint density at radius 1 is 1.61 bits per heavy atom. The highest BCUT2D eigenvalue weighted by atomic mass is 32.2. The molecule has 0 amide bonds. The minimum absolute atomic E-state index is 0.0675. The summed E-state index contributed by atoms with van der Waals surface area (Å²) in [7, 11) is 0. The fourth-order valence-corrected chi connectivity index (χ4v) is 1.85. The van der Waals surface area contributed by atoms with Crippen molar-refractivity contribution in [3.05, 3.63) is 12.0 Å². The van der Waals surface area contributed by atoms with E-state index >= 15 is 0 Å². The quantitative estimate of drug-likeness (QED) is 0.611. The Labute approximate surface area is 109 Å². The summed E-state index contributed by atoms with van der Waals surface area (Å²) < 4.78 is 13.5. The molecule has 1 heterocycles. The predicted molar refractivity (Wildman–Crippen MR) is 68.3 cm³/mol. The number of hydrogen-bond acceptors (Lipinski definition) is 5. The normalized spacial score (nSPS) is 12.5. The smallest absolute Gasteiger partial charge is 0.326 e. The number of carboxylic acid groups (broad SMARTS) is 1. The van der Waals surface area contributed by atoms with Crippen LogP contribution in [0.2, 0.25) is 0 Å². The Hall–Kier alpha value is -1.37. The van der Waals surface area contributed by atoms with Crippen molar-refractivity contribution in [3.63, 3.8) is 0 Å². The van der Waals surface area contributed by atoms with E-state index in [-0.39, 0.29) is 11.7 Å². The molecular weight excluding hydrogens is 257 g/mol. The second-order valence-corrected chi connectivity index (χ2v) is 5.22. The van der Waals surface area contributed by atoms with Crippen molar-refractivity contribution in [1.29, 1.82) is 0 Å². The van der Waals surface area contributed by atoms with Gasteiger partial charge in [-0.25, -0.2) is 19.2 Å². The van der Waals surface area contributed by atoms with Gasteiger partial charge in [0.15, 0.2) is 16.8 Å². The molecule has 0 saturated carbocycles. The Kier molecular flexibility index (Phi) is 5.33. The van der Waals surface area contributed by atoms with Crippen molar-refractivity contribution in [2.24, 2.45) is 5.92 Å². The second-order valence-electron chi connectivity index (χ2n) is 3.99. The molecular formula is C11H16FN3O2S. The number of thioether (sulfide) groups is 1. The lowest BCUT2D eigenvalue weighted by Gasteiger charge is -2.18. The summed E-state index contributed by atoms with van der Waals surface area (Å²) >= 11 is 1.37. The van der Waals surface area contributed by atoms with Gasteiger partial charge in [-0.15, -0.1) is 0 Å². The first-order valence-electron chi connectivity index (χ1n) is 5.60. The molecule has 1 aromatic heterocycles. The minimum Gasteiger partial charge on any atom is -0.480 e. The standard InChI is InChI=1S/C11H16FN3O2S/c1-4-18-11-13-5-7(12)9(15-11)14-8(6(2)3)10(16)17/h5-6,8H,4H2,1-3H3,(H,16,17)(H,13,14,15). The highest BCUT2D eigenvalue weighted by molar-refractivity contribution is 7.99. The number of nitrogens with one attached hydrogen (secondary N) is 1. The van der Waals surface area contributed by atoms with E-state index in [0.29, 0.717) is 5.16 Å². The number of anilines is 1. The molecule has 0 saturated heterocycles. The molecule has 7 heteroatoms. The molecule has 0 spiro atoms. The fraction of sp³-hybridized carbons (Fsp3) is 0.545. The van der Waals surface area contributed by atoms with Gasteiger partial charge in [0.2, 0.25) is 0 Å². The van der Waals surface area contributed by atoms with Gasteiger partial charge >= 0.3 is 5.97 Å². The SMILES string of the molecule is CCSc1ncc(F)c(NC(C(=O)O)C(C)C)n1. The molecule has 0 bridgehead atoms. The Morgan fingerprint density at radius 2 is 2.28 bits per heavy atom. The largest absolute Gasteiger partial charge is 0.480 e. The lowest BCUT2D eigenvalue weighted by Crippen LogP contribution is -2.35. The number of nitrogens with zero attached hydrogens (tertiary/aromatic N) is 2. The summed E-state index contributed by atoms with van der Waals surface area (Å²) in [6.07, 6.45) is 1.05. The van der Waals surface area contributed by atoms with Crippen LogP contribution in [-0.4, -0.2) is 32.8 Å². The maximum atomic E-state index is 13.5. The van der Waals surface area contributed by atoms with Crippen LogP contribution in [0.5, 0.6) is 0 Å². The van der Waals surface area contributed by atoms with E-state index in [4.69, 9.17) is 5.11 Å². The molecule has 1 unspecified atom stereocenters. The van der Waals surface area contributed by atoms with E-state index in [9.17, 15) is 9.18 Å². The number of hydrogen-bond donors (Lipinski definition) is 2. The van der Waals surface area contributed by atoms with Crippen LogP contribution in [0.1, 0.15) is 20.8 Å². The highest BCUT2D eigenvalue weighted by Gasteiger charge is 2.23. The Bertz CT molecular complexity index is 429. The lowest BCUT2D eigenvalue weighted by molar-refractivity contribution is -0.138. The van der Waals surface area contributed by atoms with Crippen molar-refractivity contribution in [1.82, 2.24) is 9.97 Å². The first kappa shape index (κ1) is 14.7. The van der Waals surface area contributed by atoms with Crippen LogP contribution in [0.25, 0.3) is 0 Å². The van der Waals surface area contributed by atoms with Crippen molar-refractivity contribution >= 4 is 23.5 Å². The van der Waals surface area contributed by atoms with E-state index in [0.717, 1.165) is 11.9 Å². The topological polar surface area (TPSA) is 75.1 Å². The molecule has 1 atom stereocenters. The molecule has 0 aromatic carbocycles. The minimum atomic E-state index is -1.03. The average molecular weight is 273 g/mol. The van der Waals surface area contributed by atoms with Crippen molar-refractivity contribution in [2.45, 2.75) is 32.0 Å². The molecule has 0 fully saturated rings. The van der Waals surface area contributed by atoms with Crippen molar-refractivity contribution in [2.75, 3.05) is 11.1 Å². The Morgan fingerprint density at radius 3 is 2.78 bits per heavy atom. The number of carbonyl (C=O) groups is 1. The zero-order valence-electron chi connectivity index (χ0n) is 10.5. The van der Waals surface area contributed by atoms with Gasteiger partial charge in [-0.1, -0.05) is 32.5 Å². The molecule has 2 N–H and O–H groups in total. The van der Waals surface area contributed by atoms with E-state index in [1.165, 1.54) is 11.8 Å². The molecule has 1 aromatic rings. The molecule has 5 nitrogen and oxygen atoms in total. The average Bonchev–Trinajstić information content (AvgIpc) is 2.29. The molecule has 0 aliphatic rings. The number of halogens is 1. The van der Waals surface area contributed by atoms with Gasteiger partial charge in [0.1, 0.15) is 6.04 Å². The van der Waals surface area contributed by atoms with Gasteiger partial charge in [-0.3, -0.25) is 0 Å². The van der Waals surface area contributed by atoms with Crippen LogP contribution in [0.4, 0.5) is 10.2 Å². The first-order valence-corrected chi connectivity index (χ1v) is 6.59. The number of aromatic nitrogens is 2. The number of rotatable bonds is 6. The van der Waals surface area contributed by atoms with Crippen LogP contribution in [0.3, 0.4) is 0 Å². The van der Waals surface area contributed by atoms with Crippen LogP contribution >= 0.6 is 11.8 Å². The molecule has 18 heavy (non-hydrogen) atoms. The van der Waals surface area contributed by atoms with E-state index in [1.54, 1.807) is 13.8 Å². The van der Waals surface area contributed by atoms with Gasteiger partial charge in [-0.05, 0) is 11.7 Å². The van der Waals surface area contributed by atoms with Gasteiger partial charge in [0.25, 0.3) is 0 Å². The van der Waals surface area contributed by atoms with Gasteiger partial charge in [0, 0.05) is 0 Å². The van der Waals surface area contributed by atoms with E-state index in [2.05, 4.69) is 15.3 Å². The third kappa shape index (κ3) is 3.83. The summed E-state index contributed by atoms with van der Waals surface area (Å²) in [4.78, 5) is 18.8. The first-order chi connectivity index (χ1) is 8.45. The predicted octanol–water partition coefficient (Wildman–Crippen LogP) is 2.25. The van der Waals surface area contributed by atoms with Crippen LogP contribution in [-0.2, 0) is 4.79 Å². The summed E-state index contributed by atoms with van der Waals surface area (Å²) in [6, 6.07) is -0.881. The van der Waals surface area contributed by atoms with E-state index in [1.807, 2.05) is 6.92 Å².